The van der Waals surface area contributed by atoms with Crippen LogP contribution in [0.4, 0.5) is 0 Å². The van der Waals surface area contributed by atoms with E-state index in [0.29, 0.717) is 19.4 Å². The van der Waals surface area contributed by atoms with Crippen molar-refractivity contribution in [3.63, 3.8) is 0 Å². The van der Waals surface area contributed by atoms with Crippen LogP contribution in [-0.4, -0.2) is 18.4 Å². The number of carbonyl (C=O) groups excluding carboxylic acids is 2. The molecule has 15 heavy (non-hydrogen) atoms. The van der Waals surface area contributed by atoms with E-state index in [-0.39, 0.29) is 5.78 Å². The minimum absolute atomic E-state index is 0.140. The molecule has 82 valence electrons. The van der Waals surface area contributed by atoms with Gasteiger partial charge in [-0.1, -0.05) is 18.2 Å². The Morgan fingerprint density at radius 2 is 2.40 bits per heavy atom. The minimum atomic E-state index is -0.984. The molecule has 1 unspecified atom stereocenters. The molecule has 3 heteroatoms. The molecule has 0 aromatic carbocycles. The first-order valence-electron chi connectivity index (χ1n) is 5.16. The highest BCUT2D eigenvalue weighted by molar-refractivity contribution is 6.11. The molecule has 0 heterocycles. The Morgan fingerprint density at radius 1 is 1.67 bits per heavy atom. The van der Waals surface area contributed by atoms with Crippen molar-refractivity contribution in [2.24, 2.45) is 5.41 Å². The average molecular weight is 208 g/mol. The van der Waals surface area contributed by atoms with Gasteiger partial charge < -0.3 is 4.74 Å². The van der Waals surface area contributed by atoms with Gasteiger partial charge in [-0.3, -0.25) is 9.59 Å². The van der Waals surface area contributed by atoms with Gasteiger partial charge in [-0.05, 0) is 32.8 Å². The van der Waals surface area contributed by atoms with Crippen LogP contribution in [0.25, 0.3) is 0 Å². The van der Waals surface area contributed by atoms with Gasteiger partial charge in [0.25, 0.3) is 0 Å². The maximum Gasteiger partial charge on any atom is 0.320 e. The number of ether oxygens (including phenoxy) is 1. The zero-order chi connectivity index (χ0) is 11.3. The van der Waals surface area contributed by atoms with Gasteiger partial charge in [-0.2, -0.15) is 0 Å². The molecule has 0 aliphatic heterocycles. The summed E-state index contributed by atoms with van der Waals surface area (Å²) in [7, 11) is 0. The van der Waals surface area contributed by atoms with Crippen molar-refractivity contribution in [1.82, 2.24) is 0 Å². The molecule has 3 nitrogen and oxygen atoms in total. The smallest absolute Gasteiger partial charge is 0.320 e. The van der Waals surface area contributed by atoms with Gasteiger partial charge in [-0.15, -0.1) is 0 Å². The summed E-state index contributed by atoms with van der Waals surface area (Å²) in [4.78, 5) is 23.5. The van der Waals surface area contributed by atoms with Crippen molar-refractivity contribution >= 4 is 11.8 Å². The molecule has 0 bridgehead atoms. The Hall–Kier alpha value is -1.38. The number of rotatable bonds is 4. The first-order chi connectivity index (χ1) is 7.17. The van der Waals surface area contributed by atoms with Crippen molar-refractivity contribution < 1.29 is 14.3 Å². The lowest BCUT2D eigenvalue weighted by atomic mass is 9.81. The highest BCUT2D eigenvalue weighted by Crippen LogP contribution is 2.35. The highest BCUT2D eigenvalue weighted by Gasteiger charge is 2.46. The summed E-state index contributed by atoms with van der Waals surface area (Å²) in [5.74, 6) is -0.544. The summed E-state index contributed by atoms with van der Waals surface area (Å²) >= 11 is 0. The third-order valence-corrected chi connectivity index (χ3v) is 2.58. The lowest BCUT2D eigenvalue weighted by Gasteiger charge is -2.23. The van der Waals surface area contributed by atoms with Crippen molar-refractivity contribution in [2.45, 2.75) is 26.7 Å². The van der Waals surface area contributed by atoms with Gasteiger partial charge in [0.15, 0.2) is 5.78 Å². The molecular weight excluding hydrogens is 192 g/mol. The Kier molecular flexibility index (Phi) is 3.83. The number of allylic oxidation sites excluding steroid dienone is 4. The summed E-state index contributed by atoms with van der Waals surface area (Å²) in [6.45, 7) is 3.92. The molecule has 0 aromatic rings. The Morgan fingerprint density at radius 3 is 2.87 bits per heavy atom. The second-order valence-corrected chi connectivity index (χ2v) is 3.55. The Labute approximate surface area is 89.8 Å². The lowest BCUT2D eigenvalue weighted by Crippen LogP contribution is -2.36. The van der Waals surface area contributed by atoms with Crippen LogP contribution in [0.1, 0.15) is 26.7 Å². The number of esters is 1. The topological polar surface area (TPSA) is 43.4 Å². The van der Waals surface area contributed by atoms with E-state index in [1.807, 2.05) is 19.1 Å². The predicted octanol–water partition coefficient (Wildman–Crippen LogP) is 2.03. The maximum absolute atomic E-state index is 11.8. The summed E-state index contributed by atoms with van der Waals surface area (Å²) in [5.41, 5.74) is -0.984. The fourth-order valence-electron chi connectivity index (χ4n) is 1.67. The first kappa shape index (κ1) is 11.7. The number of ketones is 1. The number of hydrogen-bond acceptors (Lipinski definition) is 3. The molecule has 0 aromatic heterocycles. The van der Waals surface area contributed by atoms with Crippen molar-refractivity contribution in [1.29, 1.82) is 0 Å². The monoisotopic (exact) mass is 208 g/mol. The van der Waals surface area contributed by atoms with Crippen LogP contribution < -0.4 is 0 Å². The third-order valence-electron chi connectivity index (χ3n) is 2.58. The largest absolute Gasteiger partial charge is 0.465 e. The van der Waals surface area contributed by atoms with Crippen molar-refractivity contribution in [3.8, 4) is 0 Å². The van der Waals surface area contributed by atoms with E-state index in [2.05, 4.69) is 0 Å². The van der Waals surface area contributed by atoms with Gasteiger partial charge in [-0.25, -0.2) is 0 Å². The van der Waals surface area contributed by atoms with Crippen LogP contribution in [0, 0.1) is 5.41 Å². The van der Waals surface area contributed by atoms with Crippen LogP contribution in [0.15, 0.2) is 24.3 Å². The number of carbonyl (C=O) groups is 2. The molecule has 1 aliphatic carbocycles. The first-order valence-corrected chi connectivity index (χ1v) is 5.16. The zero-order valence-electron chi connectivity index (χ0n) is 9.16. The Balaban J connectivity index is 2.87. The molecule has 0 saturated heterocycles. The highest BCUT2D eigenvalue weighted by atomic mass is 16.5. The summed E-state index contributed by atoms with van der Waals surface area (Å²) in [6.07, 6.45) is 7.76. The van der Waals surface area contributed by atoms with Crippen LogP contribution in [0.5, 0.6) is 0 Å². The van der Waals surface area contributed by atoms with Gasteiger partial charge in [0.2, 0.25) is 0 Å². The van der Waals surface area contributed by atoms with E-state index in [1.54, 1.807) is 13.0 Å². The molecule has 0 amide bonds. The standard InChI is InChI=1S/C12H16O3/c1-3-5-8-12(11(14)15-4-2)9-6-7-10(12)13/h3,5-7H,4,8-9H2,1-2H3/b5-3-. The average Bonchev–Trinajstić information content (AvgIpc) is 2.58. The zero-order valence-corrected chi connectivity index (χ0v) is 9.16. The molecule has 1 atom stereocenters. The fraction of sp³-hybridized carbons (Fsp3) is 0.500. The fourth-order valence-corrected chi connectivity index (χ4v) is 1.67. The van der Waals surface area contributed by atoms with Gasteiger partial charge in [0.05, 0.1) is 6.61 Å². The van der Waals surface area contributed by atoms with E-state index in [4.69, 9.17) is 4.74 Å². The molecular formula is C12H16O3. The molecule has 0 saturated carbocycles. The normalized spacial score (nSPS) is 25.1. The summed E-state index contributed by atoms with van der Waals surface area (Å²) < 4.78 is 4.96. The second kappa shape index (κ2) is 4.91. The molecule has 1 aliphatic rings. The van der Waals surface area contributed by atoms with E-state index < -0.39 is 11.4 Å². The van der Waals surface area contributed by atoms with Crippen LogP contribution in [0.2, 0.25) is 0 Å². The maximum atomic E-state index is 11.8. The lowest BCUT2D eigenvalue weighted by molar-refractivity contribution is -0.157. The number of hydrogen-bond donors (Lipinski definition) is 0. The van der Waals surface area contributed by atoms with Gasteiger partial charge >= 0.3 is 5.97 Å². The van der Waals surface area contributed by atoms with E-state index in [0.717, 1.165) is 0 Å². The Bertz CT molecular complexity index is 315. The molecule has 0 radical (unpaired) electrons. The van der Waals surface area contributed by atoms with Gasteiger partial charge in [0.1, 0.15) is 5.41 Å². The molecule has 1 rings (SSSR count). The van der Waals surface area contributed by atoms with Gasteiger partial charge in [0, 0.05) is 0 Å². The van der Waals surface area contributed by atoms with Crippen LogP contribution in [-0.2, 0) is 14.3 Å². The minimum Gasteiger partial charge on any atom is -0.465 e. The summed E-state index contributed by atoms with van der Waals surface area (Å²) in [5, 5.41) is 0. The third kappa shape index (κ3) is 2.17. The summed E-state index contributed by atoms with van der Waals surface area (Å²) in [6, 6.07) is 0. The molecule has 0 spiro atoms. The molecule has 0 N–H and O–H groups in total. The van der Waals surface area contributed by atoms with E-state index in [1.165, 1.54) is 6.08 Å². The second-order valence-electron chi connectivity index (χ2n) is 3.55. The van der Waals surface area contributed by atoms with Crippen LogP contribution in [0.3, 0.4) is 0 Å². The van der Waals surface area contributed by atoms with Crippen molar-refractivity contribution in [2.75, 3.05) is 6.61 Å². The van der Waals surface area contributed by atoms with Crippen molar-refractivity contribution in [3.05, 3.63) is 24.3 Å². The quantitative estimate of drug-likeness (QED) is 0.403. The SMILES string of the molecule is C/C=C\CC1(C(=O)OCC)CC=CC1=O. The van der Waals surface area contributed by atoms with E-state index >= 15 is 0 Å². The molecule has 0 fully saturated rings. The van der Waals surface area contributed by atoms with E-state index in [9.17, 15) is 9.59 Å². The van der Waals surface area contributed by atoms with Crippen LogP contribution >= 0.6 is 0 Å². The predicted molar refractivity (Wildman–Crippen MR) is 57.3 cm³/mol.